The zero-order chi connectivity index (χ0) is 23.1. The highest BCUT2D eigenvalue weighted by atomic mass is 16.5. The molecule has 4 rings (SSSR count). The molecule has 180 valence electrons. The summed E-state index contributed by atoms with van der Waals surface area (Å²) in [5.74, 6) is 4.67. The number of rotatable bonds is 7. The molecular formula is C29H46O3. The van der Waals surface area contributed by atoms with Crippen LogP contribution >= 0.6 is 0 Å². The molecule has 0 saturated heterocycles. The van der Waals surface area contributed by atoms with Crippen LogP contribution in [-0.4, -0.2) is 18.4 Å². The van der Waals surface area contributed by atoms with E-state index in [1.54, 1.807) is 0 Å². The van der Waals surface area contributed by atoms with Crippen molar-refractivity contribution >= 4 is 11.8 Å². The fraction of sp³-hybridized carbons (Fsp3) is 0.862. The SMILES string of the molecule is CC(=O)OC[C@]12CCC(=O)C=C1CC[C@@H]1[C@@H]2CC[C@]2(C)[C@@H]([C@H](C)CCCC(C)C)CC[C@@H]12. The van der Waals surface area contributed by atoms with Gasteiger partial charge >= 0.3 is 5.97 Å². The predicted octanol–water partition coefficient (Wildman–Crippen LogP) is 7.14. The van der Waals surface area contributed by atoms with Gasteiger partial charge in [-0.25, -0.2) is 0 Å². The van der Waals surface area contributed by atoms with Gasteiger partial charge in [-0.1, -0.05) is 52.5 Å². The first-order chi connectivity index (χ1) is 15.2. The molecule has 3 saturated carbocycles. The van der Waals surface area contributed by atoms with Crippen LogP contribution < -0.4 is 0 Å². The van der Waals surface area contributed by atoms with Gasteiger partial charge < -0.3 is 4.74 Å². The minimum absolute atomic E-state index is 0.0786. The minimum atomic E-state index is -0.186. The summed E-state index contributed by atoms with van der Waals surface area (Å²) in [6, 6.07) is 0. The quantitative estimate of drug-likeness (QED) is 0.394. The Morgan fingerprint density at radius 3 is 2.56 bits per heavy atom. The third-order valence-corrected chi connectivity index (χ3v) is 10.4. The van der Waals surface area contributed by atoms with Gasteiger partial charge in [0.25, 0.3) is 0 Å². The average Bonchev–Trinajstić information content (AvgIpc) is 3.09. The van der Waals surface area contributed by atoms with E-state index in [0.29, 0.717) is 24.4 Å². The highest BCUT2D eigenvalue weighted by Crippen LogP contribution is 2.67. The van der Waals surface area contributed by atoms with E-state index in [9.17, 15) is 9.59 Å². The van der Waals surface area contributed by atoms with Crippen LogP contribution in [0.1, 0.15) is 105 Å². The van der Waals surface area contributed by atoms with Gasteiger partial charge in [-0.3, -0.25) is 9.59 Å². The molecule has 32 heavy (non-hydrogen) atoms. The number of fused-ring (bicyclic) bond motifs is 5. The molecule has 0 spiro atoms. The summed E-state index contributed by atoms with van der Waals surface area (Å²) in [5.41, 5.74) is 1.69. The summed E-state index contributed by atoms with van der Waals surface area (Å²) in [6.07, 6.45) is 15.1. The van der Waals surface area contributed by atoms with E-state index in [-0.39, 0.29) is 17.2 Å². The van der Waals surface area contributed by atoms with Crippen molar-refractivity contribution in [2.24, 2.45) is 46.3 Å². The van der Waals surface area contributed by atoms with E-state index in [2.05, 4.69) is 27.7 Å². The van der Waals surface area contributed by atoms with Crippen molar-refractivity contribution in [1.29, 1.82) is 0 Å². The Morgan fingerprint density at radius 2 is 1.84 bits per heavy atom. The number of ether oxygens (including phenoxy) is 1. The van der Waals surface area contributed by atoms with E-state index in [1.165, 1.54) is 63.9 Å². The first-order valence-electron chi connectivity index (χ1n) is 13.5. The predicted molar refractivity (Wildman–Crippen MR) is 129 cm³/mol. The van der Waals surface area contributed by atoms with Gasteiger partial charge in [-0.2, -0.15) is 0 Å². The molecule has 0 aromatic carbocycles. The number of hydrogen-bond donors (Lipinski definition) is 0. The van der Waals surface area contributed by atoms with Crippen molar-refractivity contribution in [3.8, 4) is 0 Å². The molecule has 3 nitrogen and oxygen atoms in total. The average molecular weight is 443 g/mol. The Bertz CT molecular complexity index is 752. The van der Waals surface area contributed by atoms with Crippen LogP contribution in [0.4, 0.5) is 0 Å². The summed E-state index contributed by atoms with van der Waals surface area (Å²) >= 11 is 0. The molecule has 0 aliphatic heterocycles. The van der Waals surface area contributed by atoms with Gasteiger partial charge in [-0.05, 0) is 91.9 Å². The number of esters is 1. The lowest BCUT2D eigenvalue weighted by Crippen LogP contribution is -2.53. The number of carbonyl (C=O) groups is 2. The second-order valence-electron chi connectivity index (χ2n) is 12.5. The van der Waals surface area contributed by atoms with E-state index in [0.717, 1.165) is 42.4 Å². The molecule has 0 N–H and O–H groups in total. The van der Waals surface area contributed by atoms with Crippen molar-refractivity contribution in [3.05, 3.63) is 11.6 Å². The maximum atomic E-state index is 12.3. The molecule has 0 aromatic heterocycles. The number of carbonyl (C=O) groups excluding carboxylic acids is 2. The molecule has 0 unspecified atom stereocenters. The lowest BCUT2D eigenvalue weighted by Gasteiger charge is -2.59. The Hall–Kier alpha value is -1.12. The summed E-state index contributed by atoms with van der Waals surface area (Å²) in [5, 5.41) is 0. The molecule has 3 heteroatoms. The lowest BCUT2D eigenvalue weighted by atomic mass is 9.46. The Labute approximate surface area is 196 Å². The third kappa shape index (κ3) is 4.23. The van der Waals surface area contributed by atoms with Crippen molar-refractivity contribution in [2.45, 2.75) is 105 Å². The van der Waals surface area contributed by atoms with Crippen LogP contribution in [0.3, 0.4) is 0 Å². The van der Waals surface area contributed by atoms with Gasteiger partial charge in [0, 0.05) is 18.8 Å². The molecule has 3 fully saturated rings. The molecule has 0 aromatic rings. The third-order valence-electron chi connectivity index (χ3n) is 10.4. The van der Waals surface area contributed by atoms with Gasteiger partial charge in [0.2, 0.25) is 0 Å². The van der Waals surface area contributed by atoms with E-state index >= 15 is 0 Å². The Morgan fingerprint density at radius 1 is 1.06 bits per heavy atom. The molecule has 0 heterocycles. The monoisotopic (exact) mass is 442 g/mol. The number of ketones is 1. The highest BCUT2D eigenvalue weighted by Gasteiger charge is 2.60. The molecular weight excluding hydrogens is 396 g/mol. The van der Waals surface area contributed by atoms with E-state index in [1.807, 2.05) is 6.08 Å². The normalized spacial score (nSPS) is 39.7. The summed E-state index contributed by atoms with van der Waals surface area (Å²) in [6.45, 7) is 11.8. The summed E-state index contributed by atoms with van der Waals surface area (Å²) in [4.78, 5) is 24.0. The van der Waals surface area contributed by atoms with Crippen LogP contribution in [0.5, 0.6) is 0 Å². The zero-order valence-corrected chi connectivity index (χ0v) is 21.3. The molecule has 4 aliphatic carbocycles. The smallest absolute Gasteiger partial charge is 0.302 e. The fourth-order valence-electron chi connectivity index (χ4n) is 8.89. The second kappa shape index (κ2) is 9.26. The first kappa shape index (κ1) is 24.0. The van der Waals surface area contributed by atoms with Crippen LogP contribution in [0.2, 0.25) is 0 Å². The summed E-state index contributed by atoms with van der Waals surface area (Å²) in [7, 11) is 0. The van der Waals surface area contributed by atoms with Crippen molar-refractivity contribution in [2.75, 3.05) is 6.61 Å². The fourth-order valence-corrected chi connectivity index (χ4v) is 8.89. The van der Waals surface area contributed by atoms with Crippen LogP contribution in [-0.2, 0) is 14.3 Å². The van der Waals surface area contributed by atoms with E-state index < -0.39 is 0 Å². The number of hydrogen-bond acceptors (Lipinski definition) is 3. The zero-order valence-electron chi connectivity index (χ0n) is 21.3. The Balaban J connectivity index is 1.54. The topological polar surface area (TPSA) is 43.4 Å². The van der Waals surface area contributed by atoms with Crippen LogP contribution in [0.15, 0.2) is 11.6 Å². The second-order valence-corrected chi connectivity index (χ2v) is 12.5. The van der Waals surface area contributed by atoms with Crippen molar-refractivity contribution in [3.63, 3.8) is 0 Å². The maximum Gasteiger partial charge on any atom is 0.302 e. The maximum absolute atomic E-state index is 12.3. The standard InChI is InChI=1S/C29H46O3/c1-19(2)7-6-8-20(3)25-11-12-26-24-10-9-22-17-23(31)13-16-29(22,18-32-21(4)30)27(24)14-15-28(25,26)5/h17,19-20,24-27H,6-16,18H2,1-5H3/t20-,24+,25-,26+,27+,28-,29-/m1/s1. The lowest BCUT2D eigenvalue weighted by molar-refractivity contribution is -0.150. The van der Waals surface area contributed by atoms with Gasteiger partial charge in [0.15, 0.2) is 5.78 Å². The van der Waals surface area contributed by atoms with Gasteiger partial charge in [-0.15, -0.1) is 0 Å². The summed E-state index contributed by atoms with van der Waals surface area (Å²) < 4.78 is 5.69. The Kier molecular flexibility index (Phi) is 6.95. The largest absolute Gasteiger partial charge is 0.465 e. The van der Waals surface area contributed by atoms with Gasteiger partial charge in [0.05, 0.1) is 0 Å². The van der Waals surface area contributed by atoms with E-state index in [4.69, 9.17) is 4.74 Å². The van der Waals surface area contributed by atoms with Gasteiger partial charge in [0.1, 0.15) is 6.61 Å². The van der Waals surface area contributed by atoms with Crippen molar-refractivity contribution < 1.29 is 14.3 Å². The first-order valence-corrected chi connectivity index (χ1v) is 13.5. The molecule has 4 aliphatic rings. The van der Waals surface area contributed by atoms with Crippen molar-refractivity contribution in [1.82, 2.24) is 0 Å². The molecule has 7 atom stereocenters. The van der Waals surface area contributed by atoms with Crippen LogP contribution in [0.25, 0.3) is 0 Å². The van der Waals surface area contributed by atoms with Crippen LogP contribution in [0, 0.1) is 46.3 Å². The molecule has 0 bridgehead atoms. The molecule has 0 radical (unpaired) electrons. The molecule has 0 amide bonds. The highest BCUT2D eigenvalue weighted by molar-refractivity contribution is 5.91. The minimum Gasteiger partial charge on any atom is -0.465 e.